The fraction of sp³-hybridized carbons (Fsp3) is 0.579. The van der Waals surface area contributed by atoms with Crippen LogP contribution in [0.1, 0.15) is 38.8 Å². The number of rotatable bonds is 5. The minimum absolute atomic E-state index is 0.0399. The summed E-state index contributed by atoms with van der Waals surface area (Å²) in [4.78, 5) is 26.5. The Morgan fingerprint density at radius 2 is 2.04 bits per heavy atom. The van der Waals surface area contributed by atoms with Crippen LogP contribution >= 0.6 is 0 Å². The van der Waals surface area contributed by atoms with Gasteiger partial charge in [-0.1, -0.05) is 39.0 Å². The summed E-state index contributed by atoms with van der Waals surface area (Å²) >= 11 is 0. The van der Waals surface area contributed by atoms with E-state index in [4.69, 9.17) is 4.74 Å². The number of carbonyl (C=O) groups excluding carboxylic acids is 2. The predicted molar refractivity (Wildman–Crippen MR) is 97.4 cm³/mol. The number of nitrogens with one attached hydrogen (secondary N) is 2. The molecule has 1 unspecified atom stereocenters. The predicted octanol–water partition coefficient (Wildman–Crippen LogP) is 1.72. The normalized spacial score (nSPS) is 17.9. The van der Waals surface area contributed by atoms with Crippen molar-refractivity contribution in [3.8, 4) is 5.75 Å². The molecule has 2 amide bonds. The first kappa shape index (κ1) is 19.2. The van der Waals surface area contributed by atoms with Gasteiger partial charge in [-0.15, -0.1) is 0 Å². The summed E-state index contributed by atoms with van der Waals surface area (Å²) in [6.45, 7) is 8.05. The Morgan fingerprint density at radius 3 is 2.72 bits per heavy atom. The number of benzene rings is 1. The van der Waals surface area contributed by atoms with Crippen molar-refractivity contribution in [1.82, 2.24) is 15.5 Å². The smallest absolute Gasteiger partial charge is 0.225 e. The van der Waals surface area contributed by atoms with Crippen molar-refractivity contribution in [2.75, 3.05) is 33.3 Å². The third-order valence-electron chi connectivity index (χ3n) is 4.37. The number of ether oxygens (including phenoxy) is 1. The molecule has 1 aliphatic rings. The molecule has 1 saturated heterocycles. The second-order valence-electron chi connectivity index (χ2n) is 7.30. The summed E-state index contributed by atoms with van der Waals surface area (Å²) in [6, 6.07) is 7.73. The molecule has 1 aliphatic heterocycles. The highest BCUT2D eigenvalue weighted by Crippen LogP contribution is 2.30. The fourth-order valence-electron chi connectivity index (χ4n) is 2.91. The molecule has 6 nitrogen and oxygen atoms in total. The van der Waals surface area contributed by atoms with Gasteiger partial charge in [-0.25, -0.2) is 0 Å². The average Bonchev–Trinajstić information content (AvgIpc) is 2.60. The first-order chi connectivity index (χ1) is 11.8. The first-order valence-corrected chi connectivity index (χ1v) is 8.76. The van der Waals surface area contributed by atoms with Crippen LogP contribution in [0.3, 0.4) is 0 Å². The number of hydrogen-bond acceptors (Lipinski definition) is 4. The minimum atomic E-state index is -0.446. The van der Waals surface area contributed by atoms with E-state index in [9.17, 15) is 9.59 Å². The molecule has 0 radical (unpaired) electrons. The second-order valence-corrected chi connectivity index (χ2v) is 7.30. The maximum Gasteiger partial charge on any atom is 0.225 e. The third-order valence-corrected chi connectivity index (χ3v) is 4.37. The summed E-state index contributed by atoms with van der Waals surface area (Å²) in [7, 11) is 1.64. The minimum Gasteiger partial charge on any atom is -0.496 e. The third kappa shape index (κ3) is 4.95. The van der Waals surface area contributed by atoms with Crippen molar-refractivity contribution in [3.63, 3.8) is 0 Å². The molecule has 2 rings (SSSR count). The molecule has 25 heavy (non-hydrogen) atoms. The van der Waals surface area contributed by atoms with Crippen LogP contribution in [0.4, 0.5) is 0 Å². The monoisotopic (exact) mass is 347 g/mol. The van der Waals surface area contributed by atoms with Gasteiger partial charge in [0.1, 0.15) is 5.75 Å². The van der Waals surface area contributed by atoms with Crippen molar-refractivity contribution in [2.45, 2.75) is 33.2 Å². The van der Waals surface area contributed by atoms with E-state index in [0.717, 1.165) is 17.9 Å². The van der Waals surface area contributed by atoms with Crippen LogP contribution in [0, 0.1) is 5.41 Å². The lowest BCUT2D eigenvalue weighted by atomic mass is 9.96. The van der Waals surface area contributed by atoms with Gasteiger partial charge in [0.05, 0.1) is 13.2 Å². The van der Waals surface area contributed by atoms with Gasteiger partial charge >= 0.3 is 0 Å². The first-order valence-electron chi connectivity index (χ1n) is 8.76. The highest BCUT2D eigenvalue weighted by Gasteiger charge is 2.29. The fourth-order valence-corrected chi connectivity index (χ4v) is 2.91. The van der Waals surface area contributed by atoms with Gasteiger partial charge < -0.3 is 20.3 Å². The van der Waals surface area contributed by atoms with E-state index in [1.165, 1.54) is 0 Å². The topological polar surface area (TPSA) is 70.7 Å². The number of nitrogens with zero attached hydrogens (tertiary/aromatic N) is 1. The van der Waals surface area contributed by atoms with E-state index in [0.29, 0.717) is 26.1 Å². The molecular formula is C19H29N3O3. The van der Waals surface area contributed by atoms with Gasteiger partial charge in [0.15, 0.2) is 0 Å². The van der Waals surface area contributed by atoms with Crippen molar-refractivity contribution in [3.05, 3.63) is 29.8 Å². The number of amides is 2. The van der Waals surface area contributed by atoms with Gasteiger partial charge in [0.25, 0.3) is 0 Å². The van der Waals surface area contributed by atoms with Crippen LogP contribution < -0.4 is 15.4 Å². The molecule has 0 bridgehead atoms. The summed E-state index contributed by atoms with van der Waals surface area (Å²) < 4.78 is 5.45. The molecule has 6 heteroatoms. The second kappa shape index (κ2) is 8.34. The van der Waals surface area contributed by atoms with Gasteiger partial charge in [-0.2, -0.15) is 0 Å². The zero-order valence-electron chi connectivity index (χ0n) is 15.6. The number of hydrogen-bond donors (Lipinski definition) is 2. The Balaban J connectivity index is 2.02. The molecule has 2 N–H and O–H groups in total. The van der Waals surface area contributed by atoms with E-state index >= 15 is 0 Å². The van der Waals surface area contributed by atoms with Crippen molar-refractivity contribution in [2.24, 2.45) is 5.41 Å². The Bertz CT molecular complexity index is 610. The molecule has 0 aromatic heterocycles. The highest BCUT2D eigenvalue weighted by molar-refractivity contribution is 5.82. The molecule has 1 fully saturated rings. The van der Waals surface area contributed by atoms with Crippen molar-refractivity contribution >= 4 is 11.8 Å². The maximum atomic E-state index is 12.7. The van der Waals surface area contributed by atoms with Crippen molar-refractivity contribution < 1.29 is 14.3 Å². The lowest BCUT2D eigenvalue weighted by Crippen LogP contribution is -2.49. The molecule has 138 valence electrons. The van der Waals surface area contributed by atoms with Gasteiger partial charge in [-0.3, -0.25) is 9.59 Å². The quantitative estimate of drug-likeness (QED) is 0.851. The van der Waals surface area contributed by atoms with E-state index < -0.39 is 5.41 Å². The highest BCUT2D eigenvalue weighted by atomic mass is 16.5. The molecule has 1 heterocycles. The Kier molecular flexibility index (Phi) is 6.42. The largest absolute Gasteiger partial charge is 0.496 e. The number of carbonyl (C=O) groups is 2. The zero-order valence-corrected chi connectivity index (χ0v) is 15.6. The van der Waals surface area contributed by atoms with Crippen LogP contribution in [0.15, 0.2) is 24.3 Å². The Labute approximate surface area is 149 Å². The number of methoxy groups -OCH3 is 1. The summed E-state index contributed by atoms with van der Waals surface area (Å²) in [6.07, 6.45) is 0.299. The lowest BCUT2D eigenvalue weighted by Gasteiger charge is -2.37. The van der Waals surface area contributed by atoms with E-state index in [-0.39, 0.29) is 17.9 Å². The van der Waals surface area contributed by atoms with Gasteiger partial charge in [0, 0.05) is 43.6 Å². The molecule has 0 saturated carbocycles. The number of piperazine rings is 1. The Hall–Kier alpha value is -2.08. The van der Waals surface area contributed by atoms with E-state index in [1.807, 2.05) is 49.9 Å². The summed E-state index contributed by atoms with van der Waals surface area (Å²) in [5, 5.41) is 6.19. The van der Waals surface area contributed by atoms with Crippen LogP contribution in [0.5, 0.6) is 5.75 Å². The molecular weight excluding hydrogens is 318 g/mol. The molecule has 1 atom stereocenters. The summed E-state index contributed by atoms with van der Waals surface area (Å²) in [5.41, 5.74) is 0.558. The van der Waals surface area contributed by atoms with E-state index in [2.05, 4.69) is 10.6 Å². The molecule has 1 aromatic rings. The standard InChI is InChI=1S/C19H29N3O3/c1-19(2,3)18(24)21-10-9-17(23)22-12-11-20-13-15(22)14-7-5-6-8-16(14)25-4/h5-8,15,20H,9-13H2,1-4H3,(H,21,24). The van der Waals surface area contributed by atoms with Crippen molar-refractivity contribution in [1.29, 1.82) is 0 Å². The average molecular weight is 347 g/mol. The zero-order chi connectivity index (χ0) is 18.4. The van der Waals surface area contributed by atoms with Gasteiger partial charge in [-0.05, 0) is 6.07 Å². The van der Waals surface area contributed by atoms with Crippen LogP contribution in [-0.4, -0.2) is 50.0 Å². The molecule has 0 spiro atoms. The van der Waals surface area contributed by atoms with E-state index in [1.54, 1.807) is 7.11 Å². The summed E-state index contributed by atoms with van der Waals surface area (Å²) in [5.74, 6) is 0.795. The van der Waals surface area contributed by atoms with Crippen LogP contribution in [0.25, 0.3) is 0 Å². The Morgan fingerprint density at radius 1 is 1.32 bits per heavy atom. The molecule has 0 aliphatic carbocycles. The number of para-hydroxylation sites is 1. The van der Waals surface area contributed by atoms with Crippen LogP contribution in [-0.2, 0) is 9.59 Å². The maximum absolute atomic E-state index is 12.7. The SMILES string of the molecule is COc1ccccc1C1CNCCN1C(=O)CCNC(=O)C(C)(C)C. The van der Waals surface area contributed by atoms with Gasteiger partial charge in [0.2, 0.25) is 11.8 Å². The molecule has 1 aromatic carbocycles. The van der Waals surface area contributed by atoms with Crippen LogP contribution in [0.2, 0.25) is 0 Å². The lowest BCUT2D eigenvalue weighted by molar-refractivity contribution is -0.134.